The van der Waals surface area contributed by atoms with E-state index in [0.717, 1.165) is 10.0 Å². The molecular formula is C13H16Cl2. The summed E-state index contributed by atoms with van der Waals surface area (Å²) in [5.41, 5.74) is 1.59. The predicted octanol–water partition coefficient (Wildman–Crippen LogP) is 5.22. The first-order valence-corrected chi connectivity index (χ1v) is 6.32. The molecule has 15 heavy (non-hydrogen) atoms. The van der Waals surface area contributed by atoms with Crippen LogP contribution in [0.1, 0.15) is 44.6 Å². The lowest BCUT2D eigenvalue weighted by atomic mass is 9.71. The molecule has 1 aliphatic carbocycles. The van der Waals surface area contributed by atoms with E-state index in [-0.39, 0.29) is 5.41 Å². The lowest BCUT2D eigenvalue weighted by Gasteiger charge is -2.34. The SMILES string of the molecule is CC1(c2cc(Cl)cc(Cl)c2)CCCCC1. The van der Waals surface area contributed by atoms with Crippen LogP contribution in [0.3, 0.4) is 0 Å². The molecule has 0 bridgehead atoms. The van der Waals surface area contributed by atoms with Gasteiger partial charge >= 0.3 is 0 Å². The number of hydrogen-bond acceptors (Lipinski definition) is 0. The molecule has 2 rings (SSSR count). The van der Waals surface area contributed by atoms with Crippen molar-refractivity contribution in [2.45, 2.75) is 44.4 Å². The molecule has 0 aliphatic heterocycles. The van der Waals surface area contributed by atoms with E-state index in [4.69, 9.17) is 23.2 Å². The second-order valence-electron chi connectivity index (χ2n) is 4.78. The topological polar surface area (TPSA) is 0 Å². The van der Waals surface area contributed by atoms with Gasteiger partial charge in [0, 0.05) is 10.0 Å². The zero-order valence-electron chi connectivity index (χ0n) is 9.02. The minimum absolute atomic E-state index is 0.285. The summed E-state index contributed by atoms with van der Waals surface area (Å²) in [6.07, 6.45) is 6.51. The highest BCUT2D eigenvalue weighted by atomic mass is 35.5. The maximum atomic E-state index is 6.05. The summed E-state index contributed by atoms with van der Waals surface area (Å²) in [7, 11) is 0. The summed E-state index contributed by atoms with van der Waals surface area (Å²) in [4.78, 5) is 0. The van der Waals surface area contributed by atoms with E-state index in [1.54, 1.807) is 6.07 Å². The van der Waals surface area contributed by atoms with Gasteiger partial charge in [0.15, 0.2) is 0 Å². The monoisotopic (exact) mass is 242 g/mol. The minimum atomic E-state index is 0.285. The van der Waals surface area contributed by atoms with E-state index in [1.807, 2.05) is 0 Å². The molecule has 1 aliphatic rings. The minimum Gasteiger partial charge on any atom is -0.0843 e. The molecular weight excluding hydrogens is 227 g/mol. The van der Waals surface area contributed by atoms with Crippen molar-refractivity contribution in [2.24, 2.45) is 0 Å². The number of hydrogen-bond donors (Lipinski definition) is 0. The van der Waals surface area contributed by atoms with Crippen LogP contribution in [0.5, 0.6) is 0 Å². The van der Waals surface area contributed by atoms with Gasteiger partial charge in [0.25, 0.3) is 0 Å². The molecule has 0 saturated heterocycles. The van der Waals surface area contributed by atoms with Crippen molar-refractivity contribution in [2.75, 3.05) is 0 Å². The second-order valence-corrected chi connectivity index (χ2v) is 5.65. The Morgan fingerprint density at radius 1 is 0.933 bits per heavy atom. The van der Waals surface area contributed by atoms with E-state index in [9.17, 15) is 0 Å². The average Bonchev–Trinajstić information content (AvgIpc) is 2.17. The van der Waals surface area contributed by atoms with Gasteiger partial charge in [-0.15, -0.1) is 0 Å². The quantitative estimate of drug-likeness (QED) is 0.634. The van der Waals surface area contributed by atoms with Crippen molar-refractivity contribution in [1.29, 1.82) is 0 Å². The number of rotatable bonds is 1. The van der Waals surface area contributed by atoms with Crippen molar-refractivity contribution in [1.82, 2.24) is 0 Å². The highest BCUT2D eigenvalue weighted by Crippen LogP contribution is 2.40. The van der Waals surface area contributed by atoms with Crippen LogP contribution in [0.15, 0.2) is 18.2 Å². The van der Waals surface area contributed by atoms with Gasteiger partial charge in [0.05, 0.1) is 0 Å². The van der Waals surface area contributed by atoms with Crippen LogP contribution in [0, 0.1) is 0 Å². The first-order valence-electron chi connectivity index (χ1n) is 5.57. The lowest BCUT2D eigenvalue weighted by Crippen LogP contribution is -2.24. The number of benzene rings is 1. The molecule has 0 heterocycles. The Hall–Kier alpha value is -0.200. The van der Waals surface area contributed by atoms with Gasteiger partial charge in [-0.05, 0) is 42.0 Å². The largest absolute Gasteiger partial charge is 0.0843 e. The Morgan fingerprint density at radius 3 is 2.00 bits per heavy atom. The molecule has 1 fully saturated rings. The fourth-order valence-electron chi connectivity index (χ4n) is 2.52. The van der Waals surface area contributed by atoms with Crippen LogP contribution in [0.2, 0.25) is 10.0 Å². The van der Waals surface area contributed by atoms with Gasteiger partial charge in [0.1, 0.15) is 0 Å². The third kappa shape index (κ3) is 2.49. The standard InChI is InChI=1S/C13H16Cl2/c1-13(5-3-2-4-6-13)10-7-11(14)9-12(15)8-10/h7-9H,2-6H2,1H3. The Labute approximate surface area is 102 Å². The fraction of sp³-hybridized carbons (Fsp3) is 0.538. The van der Waals surface area contributed by atoms with E-state index in [1.165, 1.54) is 37.7 Å². The smallest absolute Gasteiger partial charge is 0.0423 e. The van der Waals surface area contributed by atoms with E-state index < -0.39 is 0 Å². The van der Waals surface area contributed by atoms with E-state index in [0.29, 0.717) is 0 Å². The van der Waals surface area contributed by atoms with Gasteiger partial charge in [-0.1, -0.05) is 49.4 Å². The van der Waals surface area contributed by atoms with Crippen LogP contribution < -0.4 is 0 Å². The maximum Gasteiger partial charge on any atom is 0.0423 e. The van der Waals surface area contributed by atoms with Gasteiger partial charge < -0.3 is 0 Å². The maximum absolute atomic E-state index is 6.05. The molecule has 1 aromatic carbocycles. The van der Waals surface area contributed by atoms with Gasteiger partial charge in [-0.3, -0.25) is 0 Å². The summed E-state index contributed by atoms with van der Waals surface area (Å²) in [5.74, 6) is 0. The lowest BCUT2D eigenvalue weighted by molar-refractivity contribution is 0.319. The van der Waals surface area contributed by atoms with Crippen molar-refractivity contribution < 1.29 is 0 Å². The molecule has 0 radical (unpaired) electrons. The highest BCUT2D eigenvalue weighted by Gasteiger charge is 2.29. The average molecular weight is 243 g/mol. The molecule has 1 aromatic rings. The summed E-state index contributed by atoms with van der Waals surface area (Å²) in [6.45, 7) is 2.33. The summed E-state index contributed by atoms with van der Waals surface area (Å²) in [5, 5.41) is 1.51. The molecule has 82 valence electrons. The van der Waals surface area contributed by atoms with Crippen LogP contribution in [-0.2, 0) is 5.41 Å². The molecule has 0 N–H and O–H groups in total. The van der Waals surface area contributed by atoms with E-state index >= 15 is 0 Å². The number of halogens is 2. The van der Waals surface area contributed by atoms with Crippen molar-refractivity contribution in [3.63, 3.8) is 0 Å². The molecule has 0 nitrogen and oxygen atoms in total. The third-order valence-electron chi connectivity index (χ3n) is 3.52. The van der Waals surface area contributed by atoms with Crippen LogP contribution in [0.4, 0.5) is 0 Å². The molecule has 0 spiro atoms. The van der Waals surface area contributed by atoms with Crippen molar-refractivity contribution >= 4 is 23.2 Å². The summed E-state index contributed by atoms with van der Waals surface area (Å²) in [6, 6.07) is 5.94. The van der Waals surface area contributed by atoms with Gasteiger partial charge in [-0.2, -0.15) is 0 Å². The van der Waals surface area contributed by atoms with E-state index in [2.05, 4.69) is 19.1 Å². The second kappa shape index (κ2) is 4.35. The first kappa shape index (κ1) is 11.3. The zero-order chi connectivity index (χ0) is 10.9. The highest BCUT2D eigenvalue weighted by molar-refractivity contribution is 6.34. The van der Waals surface area contributed by atoms with Gasteiger partial charge in [-0.25, -0.2) is 0 Å². The van der Waals surface area contributed by atoms with Crippen molar-refractivity contribution in [3.05, 3.63) is 33.8 Å². The Balaban J connectivity index is 2.34. The van der Waals surface area contributed by atoms with Crippen LogP contribution >= 0.6 is 23.2 Å². The summed E-state index contributed by atoms with van der Waals surface area (Å²) >= 11 is 12.1. The third-order valence-corrected chi connectivity index (χ3v) is 3.95. The fourth-order valence-corrected chi connectivity index (χ4v) is 3.05. The Morgan fingerprint density at radius 2 is 1.47 bits per heavy atom. The Bertz CT molecular complexity index is 331. The Kier molecular flexibility index (Phi) is 3.27. The molecule has 0 amide bonds. The molecule has 2 heteroatoms. The summed E-state index contributed by atoms with van der Waals surface area (Å²) < 4.78 is 0. The first-order chi connectivity index (χ1) is 7.10. The molecule has 0 aromatic heterocycles. The zero-order valence-corrected chi connectivity index (χ0v) is 10.5. The molecule has 0 unspecified atom stereocenters. The predicted molar refractivity (Wildman–Crippen MR) is 66.9 cm³/mol. The normalized spacial score (nSPS) is 20.2. The van der Waals surface area contributed by atoms with Crippen LogP contribution in [0.25, 0.3) is 0 Å². The molecule has 1 saturated carbocycles. The van der Waals surface area contributed by atoms with Crippen LogP contribution in [-0.4, -0.2) is 0 Å². The van der Waals surface area contributed by atoms with Gasteiger partial charge in [0.2, 0.25) is 0 Å². The molecule has 0 atom stereocenters. The van der Waals surface area contributed by atoms with Crippen molar-refractivity contribution in [3.8, 4) is 0 Å².